The van der Waals surface area contributed by atoms with Crippen LogP contribution in [0.3, 0.4) is 0 Å². The molecule has 1 saturated carbocycles. The Kier molecular flexibility index (Phi) is 8.99. The maximum Gasteiger partial charge on any atom is 0.306 e. The lowest BCUT2D eigenvalue weighted by atomic mass is 9.72. The summed E-state index contributed by atoms with van der Waals surface area (Å²) in [7, 11) is 3.04. The topological polar surface area (TPSA) is 44.8 Å². The maximum atomic E-state index is 15.0. The van der Waals surface area contributed by atoms with E-state index in [1.54, 1.807) is 19.2 Å². The lowest BCUT2D eigenvalue weighted by Gasteiger charge is -2.33. The van der Waals surface area contributed by atoms with Gasteiger partial charge in [-0.15, -0.1) is 0 Å². The molecule has 0 aliphatic heterocycles. The van der Waals surface area contributed by atoms with Crippen molar-refractivity contribution in [2.45, 2.75) is 71.8 Å². The Labute approximate surface area is 232 Å². The lowest BCUT2D eigenvalue weighted by Crippen LogP contribution is -2.20. The van der Waals surface area contributed by atoms with E-state index < -0.39 is 0 Å². The minimum Gasteiger partial charge on any atom is -0.497 e. The summed E-state index contributed by atoms with van der Waals surface area (Å²) < 4.78 is 31.6. The van der Waals surface area contributed by atoms with E-state index >= 15 is 4.39 Å². The van der Waals surface area contributed by atoms with Crippen LogP contribution in [0.5, 0.6) is 11.5 Å². The van der Waals surface area contributed by atoms with Gasteiger partial charge in [0, 0.05) is 5.56 Å². The molecule has 0 amide bonds. The highest BCUT2D eigenvalue weighted by molar-refractivity contribution is 5.71. The Bertz CT molecular complexity index is 1290. The van der Waals surface area contributed by atoms with Crippen molar-refractivity contribution in [3.63, 3.8) is 0 Å². The van der Waals surface area contributed by atoms with Crippen LogP contribution in [0.2, 0.25) is 0 Å². The van der Waals surface area contributed by atoms with Crippen molar-refractivity contribution in [2.24, 2.45) is 11.3 Å². The van der Waals surface area contributed by atoms with Gasteiger partial charge in [-0.25, -0.2) is 4.39 Å². The van der Waals surface area contributed by atoms with Crippen LogP contribution in [0, 0.1) is 17.2 Å². The van der Waals surface area contributed by atoms with Crippen molar-refractivity contribution in [1.29, 1.82) is 0 Å². The molecule has 0 heterocycles. The smallest absolute Gasteiger partial charge is 0.306 e. The fourth-order valence-corrected chi connectivity index (χ4v) is 5.19. The Hall–Kier alpha value is -3.34. The van der Waals surface area contributed by atoms with Crippen LogP contribution in [0.15, 0.2) is 60.7 Å². The van der Waals surface area contributed by atoms with Crippen LogP contribution in [0.25, 0.3) is 11.1 Å². The van der Waals surface area contributed by atoms with E-state index in [1.165, 1.54) is 13.2 Å². The van der Waals surface area contributed by atoms with Crippen LogP contribution < -0.4 is 9.47 Å². The highest BCUT2D eigenvalue weighted by Gasteiger charge is 2.34. The summed E-state index contributed by atoms with van der Waals surface area (Å²) in [6, 6.07) is 19.1. The summed E-state index contributed by atoms with van der Waals surface area (Å²) in [5, 5.41) is 0. The van der Waals surface area contributed by atoms with Crippen molar-refractivity contribution in [2.75, 3.05) is 14.2 Å². The summed E-state index contributed by atoms with van der Waals surface area (Å²) in [6.07, 6.45) is 3.67. The molecule has 4 nitrogen and oxygen atoms in total. The molecule has 0 saturated heterocycles. The summed E-state index contributed by atoms with van der Waals surface area (Å²) in [5.41, 5.74) is 4.67. The fraction of sp³-hybridized carbons (Fsp3) is 0.441. The Balaban J connectivity index is 1.62. The molecule has 0 aromatic heterocycles. The largest absolute Gasteiger partial charge is 0.497 e. The van der Waals surface area contributed by atoms with Gasteiger partial charge in [-0.1, -0.05) is 64.4 Å². The number of benzene rings is 3. The number of ether oxygens (including phenoxy) is 3. The second-order valence-electron chi connectivity index (χ2n) is 11.4. The molecule has 0 spiro atoms. The number of hydrogen-bond donors (Lipinski definition) is 0. The number of carbonyl (C=O) groups excluding carboxylic acids is 1. The van der Waals surface area contributed by atoms with E-state index in [0.717, 1.165) is 47.3 Å². The number of hydrogen-bond acceptors (Lipinski definition) is 4. The van der Waals surface area contributed by atoms with Gasteiger partial charge in [-0.2, -0.15) is 0 Å². The van der Waals surface area contributed by atoms with Gasteiger partial charge in [-0.05, 0) is 88.6 Å². The fourth-order valence-electron chi connectivity index (χ4n) is 5.19. The van der Waals surface area contributed by atoms with Crippen molar-refractivity contribution < 1.29 is 23.4 Å². The number of halogens is 1. The molecule has 208 valence electrons. The van der Waals surface area contributed by atoms with Gasteiger partial charge in [0.1, 0.15) is 23.9 Å². The molecule has 2 atom stereocenters. The molecule has 1 aliphatic rings. The molecule has 3 aromatic carbocycles. The molecule has 1 fully saturated rings. The monoisotopic (exact) mass is 532 g/mol. The minimum atomic E-state index is -0.267. The minimum absolute atomic E-state index is 0.0232. The zero-order chi connectivity index (χ0) is 28.2. The van der Waals surface area contributed by atoms with Gasteiger partial charge in [0.05, 0.1) is 20.6 Å². The van der Waals surface area contributed by atoms with Crippen LogP contribution in [0.4, 0.5) is 4.39 Å². The quantitative estimate of drug-likeness (QED) is 0.219. The summed E-state index contributed by atoms with van der Waals surface area (Å²) in [4.78, 5) is 12.0. The third-order valence-corrected chi connectivity index (χ3v) is 8.63. The third kappa shape index (κ3) is 6.81. The molecule has 1 unspecified atom stereocenters. The van der Waals surface area contributed by atoms with E-state index in [-0.39, 0.29) is 29.0 Å². The van der Waals surface area contributed by atoms with Gasteiger partial charge < -0.3 is 14.2 Å². The lowest BCUT2D eigenvalue weighted by molar-refractivity contribution is -0.141. The molecule has 4 rings (SSSR count). The molecule has 0 radical (unpaired) electrons. The molecule has 5 heteroatoms. The highest BCUT2D eigenvalue weighted by Crippen LogP contribution is 2.46. The predicted octanol–water partition coefficient (Wildman–Crippen LogP) is 8.68. The molecule has 39 heavy (non-hydrogen) atoms. The van der Waals surface area contributed by atoms with E-state index in [9.17, 15) is 4.79 Å². The summed E-state index contributed by atoms with van der Waals surface area (Å²) in [5.74, 6) is 1.82. The van der Waals surface area contributed by atoms with Crippen LogP contribution in [0.1, 0.15) is 81.9 Å². The Morgan fingerprint density at radius 3 is 2.44 bits per heavy atom. The Morgan fingerprint density at radius 1 is 1.00 bits per heavy atom. The standard InChI is InChI=1S/C34H41FO4/c1-7-34(3,4)22(2)29-17-23(11-15-28(29)31-19-26(37-5)14-16-32(31)35)21-39-27-10-8-9-25(18-27)30(24-12-13-24)20-33(36)38-6/h8-11,14-19,22,24,30H,7,12-13,20-21H2,1-6H3/t22-,30?/m0/s1. The molecular formula is C34H41FO4. The first-order valence-electron chi connectivity index (χ1n) is 13.9. The Morgan fingerprint density at radius 2 is 1.77 bits per heavy atom. The van der Waals surface area contributed by atoms with Crippen LogP contribution >= 0.6 is 0 Å². The second kappa shape index (κ2) is 12.2. The third-order valence-electron chi connectivity index (χ3n) is 8.63. The number of rotatable bonds is 12. The van der Waals surface area contributed by atoms with E-state index in [0.29, 0.717) is 30.3 Å². The van der Waals surface area contributed by atoms with E-state index in [4.69, 9.17) is 14.2 Å². The van der Waals surface area contributed by atoms with E-state index in [1.807, 2.05) is 24.3 Å². The summed E-state index contributed by atoms with van der Waals surface area (Å²) >= 11 is 0. The molecule has 0 N–H and O–H groups in total. The maximum absolute atomic E-state index is 15.0. The first-order valence-corrected chi connectivity index (χ1v) is 13.9. The highest BCUT2D eigenvalue weighted by atomic mass is 19.1. The van der Waals surface area contributed by atoms with Gasteiger partial charge in [0.2, 0.25) is 0 Å². The van der Waals surface area contributed by atoms with Crippen molar-refractivity contribution >= 4 is 5.97 Å². The van der Waals surface area contributed by atoms with Gasteiger partial charge >= 0.3 is 5.97 Å². The average Bonchev–Trinajstić information content (AvgIpc) is 3.80. The SMILES string of the molecule is CCC(C)(C)[C@@H](C)c1cc(COc2cccc(C(CC(=O)OC)C3CC3)c2)ccc1-c1cc(OC)ccc1F. The first kappa shape index (κ1) is 28.7. The van der Waals surface area contributed by atoms with Gasteiger partial charge in [0.15, 0.2) is 0 Å². The van der Waals surface area contributed by atoms with Gasteiger partial charge in [-0.3, -0.25) is 4.79 Å². The van der Waals surface area contributed by atoms with Crippen molar-refractivity contribution in [3.8, 4) is 22.6 Å². The molecule has 3 aromatic rings. The number of carbonyl (C=O) groups is 1. The van der Waals surface area contributed by atoms with Crippen molar-refractivity contribution in [1.82, 2.24) is 0 Å². The van der Waals surface area contributed by atoms with Gasteiger partial charge in [0.25, 0.3) is 0 Å². The van der Waals surface area contributed by atoms with E-state index in [2.05, 4.69) is 45.9 Å². The molecule has 1 aliphatic carbocycles. The van der Waals surface area contributed by atoms with Crippen molar-refractivity contribution in [3.05, 3.63) is 83.2 Å². The predicted molar refractivity (Wildman–Crippen MR) is 154 cm³/mol. The average molecular weight is 533 g/mol. The molecule has 0 bridgehead atoms. The van der Waals surface area contributed by atoms with Crippen LogP contribution in [-0.2, 0) is 16.1 Å². The first-order chi connectivity index (χ1) is 18.7. The zero-order valence-electron chi connectivity index (χ0n) is 24.1. The summed E-state index contributed by atoms with van der Waals surface area (Å²) in [6.45, 7) is 9.30. The zero-order valence-corrected chi connectivity index (χ0v) is 24.1. The molecular weight excluding hydrogens is 491 g/mol. The number of esters is 1. The van der Waals surface area contributed by atoms with Crippen LogP contribution in [-0.4, -0.2) is 20.2 Å². The number of methoxy groups -OCH3 is 2. The second-order valence-corrected chi connectivity index (χ2v) is 11.4. The normalized spacial score (nSPS) is 14.9.